The molecule has 0 spiro atoms. The molecular formula is C14H8N4O3. The number of aromatic carboxylic acids is 1. The topological polar surface area (TPSA) is 144 Å². The lowest BCUT2D eigenvalue weighted by Crippen LogP contribution is -2.17. The van der Waals surface area contributed by atoms with Crippen molar-refractivity contribution in [1.82, 2.24) is 4.98 Å². The number of carboxylic acid groups (broad SMARTS) is 1. The molecule has 1 aromatic heterocycles. The number of nitrogens with one attached hydrogen (secondary N) is 1. The molecule has 0 aliphatic heterocycles. The van der Waals surface area contributed by atoms with Gasteiger partial charge in [-0.15, -0.1) is 0 Å². The minimum atomic E-state index is -1.24. The Labute approximate surface area is 118 Å². The lowest BCUT2D eigenvalue weighted by Gasteiger charge is -2.11. The van der Waals surface area contributed by atoms with Gasteiger partial charge in [-0.1, -0.05) is 18.2 Å². The van der Waals surface area contributed by atoms with Gasteiger partial charge in [0, 0.05) is 5.56 Å². The van der Waals surface area contributed by atoms with Crippen LogP contribution in [0.3, 0.4) is 0 Å². The molecule has 102 valence electrons. The molecule has 0 bridgehead atoms. The van der Waals surface area contributed by atoms with Crippen LogP contribution < -0.4 is 11.3 Å². The average Bonchev–Trinajstić information content (AvgIpc) is 2.46. The molecule has 7 heteroatoms. The number of H-pyrrole nitrogens is 1. The standard InChI is InChI=1S/C14H8N4O3/c15-5-9-11(10(6-16)13(19)18-12(9)17)7-3-1-2-4-8(7)14(20)21/h1-4H,(H,20,21)(H3,17,18,19). The van der Waals surface area contributed by atoms with Crippen LogP contribution in [-0.4, -0.2) is 16.1 Å². The molecule has 0 saturated carbocycles. The zero-order chi connectivity index (χ0) is 15.6. The number of carbonyl (C=O) groups is 1. The number of carboxylic acids is 1. The van der Waals surface area contributed by atoms with Gasteiger partial charge in [-0.25, -0.2) is 4.79 Å². The van der Waals surface area contributed by atoms with Crippen molar-refractivity contribution in [2.45, 2.75) is 0 Å². The molecule has 2 aromatic rings. The highest BCUT2D eigenvalue weighted by Crippen LogP contribution is 2.30. The largest absolute Gasteiger partial charge is 0.478 e. The van der Waals surface area contributed by atoms with E-state index >= 15 is 0 Å². The van der Waals surface area contributed by atoms with Crippen LogP contribution in [0.2, 0.25) is 0 Å². The first kappa shape index (κ1) is 13.8. The molecule has 1 aromatic carbocycles. The summed E-state index contributed by atoms with van der Waals surface area (Å²) in [6.45, 7) is 0. The van der Waals surface area contributed by atoms with Gasteiger partial charge < -0.3 is 15.8 Å². The Balaban J connectivity index is 3.01. The maximum absolute atomic E-state index is 11.8. The number of benzene rings is 1. The summed E-state index contributed by atoms with van der Waals surface area (Å²) in [6.07, 6.45) is 0. The van der Waals surface area contributed by atoms with E-state index in [1.54, 1.807) is 18.2 Å². The van der Waals surface area contributed by atoms with Gasteiger partial charge in [-0.3, -0.25) is 4.79 Å². The van der Waals surface area contributed by atoms with Gasteiger partial charge in [0.05, 0.1) is 5.56 Å². The smallest absolute Gasteiger partial charge is 0.336 e. The van der Waals surface area contributed by atoms with Crippen molar-refractivity contribution in [3.63, 3.8) is 0 Å². The summed E-state index contributed by atoms with van der Waals surface area (Å²) in [5, 5.41) is 27.5. The molecule has 0 fully saturated rings. The summed E-state index contributed by atoms with van der Waals surface area (Å²) < 4.78 is 0. The Kier molecular flexibility index (Phi) is 3.42. The number of nitrogens with two attached hydrogens (primary N) is 1. The van der Waals surface area contributed by atoms with Crippen LogP contribution in [0.15, 0.2) is 29.1 Å². The number of nitrogens with zero attached hydrogens (tertiary/aromatic N) is 2. The first-order chi connectivity index (χ1) is 10.0. The minimum Gasteiger partial charge on any atom is -0.478 e. The molecule has 7 nitrogen and oxygen atoms in total. The molecule has 0 unspecified atom stereocenters. The molecule has 21 heavy (non-hydrogen) atoms. The van der Waals surface area contributed by atoms with Gasteiger partial charge in [0.1, 0.15) is 29.1 Å². The monoisotopic (exact) mass is 280 g/mol. The average molecular weight is 280 g/mol. The van der Waals surface area contributed by atoms with E-state index in [2.05, 4.69) is 4.98 Å². The predicted molar refractivity (Wildman–Crippen MR) is 73.3 cm³/mol. The molecule has 0 aliphatic rings. The maximum atomic E-state index is 11.8. The summed E-state index contributed by atoms with van der Waals surface area (Å²) in [7, 11) is 0. The van der Waals surface area contributed by atoms with E-state index in [0.29, 0.717) is 0 Å². The fraction of sp³-hybridized carbons (Fsp3) is 0. The van der Waals surface area contributed by atoms with E-state index in [4.69, 9.17) is 11.0 Å². The summed E-state index contributed by atoms with van der Waals surface area (Å²) in [6, 6.07) is 9.26. The molecule has 0 aliphatic carbocycles. The quantitative estimate of drug-likeness (QED) is 0.750. The second-order valence-electron chi connectivity index (χ2n) is 4.07. The zero-order valence-electron chi connectivity index (χ0n) is 10.5. The third-order valence-corrected chi connectivity index (χ3v) is 2.90. The highest BCUT2D eigenvalue weighted by molar-refractivity contribution is 5.98. The summed E-state index contributed by atoms with van der Waals surface area (Å²) in [4.78, 5) is 25.3. The van der Waals surface area contributed by atoms with Gasteiger partial charge in [-0.05, 0) is 11.6 Å². The van der Waals surface area contributed by atoms with Crippen LogP contribution >= 0.6 is 0 Å². The van der Waals surface area contributed by atoms with Crippen LogP contribution in [0.4, 0.5) is 5.82 Å². The number of aromatic amines is 1. The maximum Gasteiger partial charge on any atom is 0.336 e. The number of pyridine rings is 1. The van der Waals surface area contributed by atoms with E-state index < -0.39 is 11.5 Å². The number of nitrogen functional groups attached to an aromatic ring is 1. The predicted octanol–water partition coefficient (Wildman–Crippen LogP) is 1.07. The minimum absolute atomic E-state index is 0.0701. The van der Waals surface area contributed by atoms with Crippen molar-refractivity contribution in [3.8, 4) is 23.3 Å². The number of hydrogen-bond acceptors (Lipinski definition) is 5. The molecule has 0 radical (unpaired) electrons. The van der Waals surface area contributed by atoms with E-state index in [0.717, 1.165) is 0 Å². The first-order valence-electron chi connectivity index (χ1n) is 5.70. The van der Waals surface area contributed by atoms with Crippen LogP contribution in [0.25, 0.3) is 11.1 Å². The van der Waals surface area contributed by atoms with Crippen LogP contribution in [0.1, 0.15) is 21.5 Å². The van der Waals surface area contributed by atoms with Gasteiger partial charge in [0.25, 0.3) is 5.56 Å². The Hall–Kier alpha value is -3.58. The molecule has 0 amide bonds. The van der Waals surface area contributed by atoms with E-state index in [1.165, 1.54) is 18.2 Å². The van der Waals surface area contributed by atoms with Crippen molar-refractivity contribution in [2.24, 2.45) is 0 Å². The molecule has 2 rings (SSSR count). The van der Waals surface area contributed by atoms with Gasteiger partial charge in [-0.2, -0.15) is 10.5 Å². The highest BCUT2D eigenvalue weighted by atomic mass is 16.4. The van der Waals surface area contributed by atoms with Crippen molar-refractivity contribution in [2.75, 3.05) is 5.73 Å². The van der Waals surface area contributed by atoms with E-state index in [1.807, 2.05) is 0 Å². The molecule has 0 saturated heterocycles. The Morgan fingerprint density at radius 1 is 1.19 bits per heavy atom. The third kappa shape index (κ3) is 2.20. The molecular weight excluding hydrogens is 272 g/mol. The second-order valence-corrected chi connectivity index (χ2v) is 4.07. The highest BCUT2D eigenvalue weighted by Gasteiger charge is 2.22. The van der Waals surface area contributed by atoms with Crippen molar-refractivity contribution >= 4 is 11.8 Å². The normalized spacial score (nSPS) is 9.62. The number of rotatable bonds is 2. The van der Waals surface area contributed by atoms with Crippen molar-refractivity contribution < 1.29 is 9.90 Å². The lowest BCUT2D eigenvalue weighted by molar-refractivity contribution is 0.0697. The third-order valence-electron chi connectivity index (χ3n) is 2.90. The summed E-state index contributed by atoms with van der Waals surface area (Å²) in [5.74, 6) is -1.45. The first-order valence-corrected chi connectivity index (χ1v) is 5.70. The number of hydrogen-bond donors (Lipinski definition) is 3. The van der Waals surface area contributed by atoms with Crippen LogP contribution in [0, 0.1) is 22.7 Å². The zero-order valence-corrected chi connectivity index (χ0v) is 10.5. The fourth-order valence-electron chi connectivity index (χ4n) is 2.00. The van der Waals surface area contributed by atoms with E-state index in [9.17, 15) is 20.0 Å². The van der Waals surface area contributed by atoms with Crippen molar-refractivity contribution in [3.05, 3.63) is 51.3 Å². The molecule has 0 atom stereocenters. The van der Waals surface area contributed by atoms with Gasteiger partial charge >= 0.3 is 5.97 Å². The summed E-state index contributed by atoms with van der Waals surface area (Å²) >= 11 is 0. The molecule has 4 N–H and O–H groups in total. The number of aromatic nitrogens is 1. The van der Waals surface area contributed by atoms with Crippen LogP contribution in [0.5, 0.6) is 0 Å². The lowest BCUT2D eigenvalue weighted by atomic mass is 9.93. The number of nitriles is 2. The Morgan fingerprint density at radius 3 is 2.38 bits per heavy atom. The number of anilines is 1. The van der Waals surface area contributed by atoms with E-state index in [-0.39, 0.29) is 33.6 Å². The van der Waals surface area contributed by atoms with Crippen molar-refractivity contribution in [1.29, 1.82) is 10.5 Å². The molecule has 1 heterocycles. The fourth-order valence-corrected chi connectivity index (χ4v) is 2.00. The SMILES string of the molecule is N#Cc1c(N)[nH]c(=O)c(C#N)c1-c1ccccc1C(=O)O. The van der Waals surface area contributed by atoms with Gasteiger partial charge in [0.2, 0.25) is 0 Å². The Morgan fingerprint density at radius 2 is 1.81 bits per heavy atom. The Bertz CT molecular complexity index is 885. The summed E-state index contributed by atoms with van der Waals surface area (Å²) in [5.41, 5.74) is 4.21. The van der Waals surface area contributed by atoms with Gasteiger partial charge in [0.15, 0.2) is 0 Å². The second kappa shape index (κ2) is 5.19. The van der Waals surface area contributed by atoms with Crippen LogP contribution in [-0.2, 0) is 0 Å².